The lowest BCUT2D eigenvalue weighted by atomic mass is 10.0. The predicted molar refractivity (Wildman–Crippen MR) is 99.0 cm³/mol. The highest BCUT2D eigenvalue weighted by atomic mass is 16.5. The second-order valence-electron chi connectivity index (χ2n) is 5.98. The molecule has 26 heavy (non-hydrogen) atoms. The van der Waals surface area contributed by atoms with Crippen molar-refractivity contribution in [1.29, 1.82) is 0 Å². The molecule has 6 heteroatoms. The first kappa shape index (κ1) is 19.5. The molecule has 0 saturated heterocycles. The summed E-state index contributed by atoms with van der Waals surface area (Å²) in [6, 6.07) is 14.6. The van der Waals surface area contributed by atoms with Gasteiger partial charge in [0, 0.05) is 6.42 Å². The van der Waals surface area contributed by atoms with Crippen LogP contribution in [0, 0.1) is 0 Å². The molecule has 1 amide bonds. The van der Waals surface area contributed by atoms with Crippen molar-refractivity contribution in [3.63, 3.8) is 0 Å². The SMILES string of the molecule is CCOc1ccc(CC(N)C(=O)NC(Cc2ccccc2)C(=O)O)cc1. The average Bonchev–Trinajstić information content (AvgIpc) is 2.63. The molecule has 138 valence electrons. The Morgan fingerprint density at radius 3 is 2.23 bits per heavy atom. The number of carboxylic acid groups (broad SMARTS) is 1. The van der Waals surface area contributed by atoms with E-state index in [0.717, 1.165) is 16.9 Å². The topological polar surface area (TPSA) is 102 Å². The molecule has 0 heterocycles. The summed E-state index contributed by atoms with van der Waals surface area (Å²) in [5.41, 5.74) is 7.67. The Morgan fingerprint density at radius 2 is 1.65 bits per heavy atom. The Bertz CT molecular complexity index is 716. The molecule has 2 rings (SSSR count). The van der Waals surface area contributed by atoms with Gasteiger partial charge in [-0.2, -0.15) is 0 Å². The molecule has 6 nitrogen and oxygen atoms in total. The lowest BCUT2D eigenvalue weighted by molar-refractivity contribution is -0.141. The molecule has 0 saturated carbocycles. The zero-order chi connectivity index (χ0) is 18.9. The zero-order valence-electron chi connectivity index (χ0n) is 14.7. The molecule has 0 bridgehead atoms. The Hall–Kier alpha value is -2.86. The molecule has 0 radical (unpaired) electrons. The monoisotopic (exact) mass is 356 g/mol. The van der Waals surface area contributed by atoms with Gasteiger partial charge in [0.1, 0.15) is 11.8 Å². The number of carbonyl (C=O) groups excluding carboxylic acids is 1. The molecule has 0 fully saturated rings. The number of ether oxygens (including phenoxy) is 1. The summed E-state index contributed by atoms with van der Waals surface area (Å²) in [4.78, 5) is 23.7. The van der Waals surface area contributed by atoms with Gasteiger partial charge in [-0.1, -0.05) is 42.5 Å². The number of hydrogen-bond donors (Lipinski definition) is 3. The standard InChI is InChI=1S/C20H24N2O4/c1-2-26-16-10-8-15(9-11-16)12-17(21)19(23)22-18(20(24)25)13-14-6-4-3-5-7-14/h3-11,17-18H,2,12-13,21H2,1H3,(H,22,23)(H,24,25). The first-order chi connectivity index (χ1) is 12.5. The molecule has 2 unspecified atom stereocenters. The fraction of sp³-hybridized carbons (Fsp3) is 0.300. The van der Waals surface area contributed by atoms with Crippen LogP contribution in [0.5, 0.6) is 5.75 Å². The van der Waals surface area contributed by atoms with Gasteiger partial charge in [0.2, 0.25) is 5.91 Å². The van der Waals surface area contributed by atoms with E-state index in [4.69, 9.17) is 10.5 Å². The third-order valence-electron chi connectivity index (χ3n) is 3.92. The number of amides is 1. The number of nitrogens with two attached hydrogens (primary N) is 1. The number of benzene rings is 2. The van der Waals surface area contributed by atoms with Gasteiger partial charge in [-0.3, -0.25) is 4.79 Å². The Labute approximate surface area is 153 Å². The summed E-state index contributed by atoms with van der Waals surface area (Å²) in [5.74, 6) is -0.819. The maximum atomic E-state index is 12.3. The van der Waals surface area contributed by atoms with Crippen LogP contribution in [0.3, 0.4) is 0 Å². The predicted octanol–water partition coefficient (Wildman–Crippen LogP) is 1.77. The highest BCUT2D eigenvalue weighted by Gasteiger charge is 2.23. The van der Waals surface area contributed by atoms with Crippen LogP contribution in [0.15, 0.2) is 54.6 Å². The lowest BCUT2D eigenvalue weighted by Gasteiger charge is -2.18. The molecule has 2 aromatic carbocycles. The fourth-order valence-electron chi connectivity index (χ4n) is 2.56. The van der Waals surface area contributed by atoms with Crippen molar-refractivity contribution >= 4 is 11.9 Å². The molecule has 0 aliphatic rings. The Balaban J connectivity index is 1.94. The molecule has 0 aromatic heterocycles. The number of nitrogens with one attached hydrogen (secondary N) is 1. The van der Waals surface area contributed by atoms with Gasteiger partial charge in [0.05, 0.1) is 12.6 Å². The van der Waals surface area contributed by atoms with E-state index < -0.39 is 24.0 Å². The van der Waals surface area contributed by atoms with Gasteiger partial charge in [-0.15, -0.1) is 0 Å². The minimum absolute atomic E-state index is 0.206. The second-order valence-corrected chi connectivity index (χ2v) is 5.98. The van der Waals surface area contributed by atoms with Crippen LogP contribution >= 0.6 is 0 Å². The van der Waals surface area contributed by atoms with E-state index in [9.17, 15) is 14.7 Å². The van der Waals surface area contributed by atoms with Crippen LogP contribution in [-0.4, -0.2) is 35.7 Å². The summed E-state index contributed by atoms with van der Waals surface area (Å²) in [6.07, 6.45) is 0.521. The maximum Gasteiger partial charge on any atom is 0.326 e. The number of carbonyl (C=O) groups is 2. The van der Waals surface area contributed by atoms with Crippen LogP contribution in [0.1, 0.15) is 18.1 Å². The van der Waals surface area contributed by atoms with Crippen molar-refractivity contribution in [3.05, 3.63) is 65.7 Å². The van der Waals surface area contributed by atoms with Crippen molar-refractivity contribution < 1.29 is 19.4 Å². The summed E-state index contributed by atoms with van der Waals surface area (Å²) < 4.78 is 5.37. The normalized spacial score (nSPS) is 12.8. The third-order valence-corrected chi connectivity index (χ3v) is 3.92. The van der Waals surface area contributed by atoms with Crippen molar-refractivity contribution in [3.8, 4) is 5.75 Å². The van der Waals surface area contributed by atoms with E-state index in [1.54, 1.807) is 0 Å². The van der Waals surface area contributed by atoms with E-state index in [1.165, 1.54) is 0 Å². The lowest BCUT2D eigenvalue weighted by Crippen LogP contribution is -2.50. The first-order valence-corrected chi connectivity index (χ1v) is 8.54. The Morgan fingerprint density at radius 1 is 1.04 bits per heavy atom. The molecule has 2 aromatic rings. The average molecular weight is 356 g/mol. The summed E-state index contributed by atoms with van der Waals surface area (Å²) in [7, 11) is 0. The van der Waals surface area contributed by atoms with E-state index in [0.29, 0.717) is 13.0 Å². The number of carboxylic acids is 1. The maximum absolute atomic E-state index is 12.3. The van der Waals surface area contributed by atoms with E-state index >= 15 is 0 Å². The molecule has 0 aliphatic heterocycles. The van der Waals surface area contributed by atoms with Gasteiger partial charge in [0.25, 0.3) is 0 Å². The molecular formula is C20H24N2O4. The van der Waals surface area contributed by atoms with E-state index in [2.05, 4.69) is 5.32 Å². The highest BCUT2D eigenvalue weighted by molar-refractivity contribution is 5.87. The van der Waals surface area contributed by atoms with E-state index in [-0.39, 0.29) is 6.42 Å². The number of hydrogen-bond acceptors (Lipinski definition) is 4. The second kappa shape index (κ2) is 9.58. The highest BCUT2D eigenvalue weighted by Crippen LogP contribution is 2.13. The smallest absolute Gasteiger partial charge is 0.326 e. The quantitative estimate of drug-likeness (QED) is 0.635. The molecule has 4 N–H and O–H groups in total. The molecule has 0 spiro atoms. The summed E-state index contributed by atoms with van der Waals surface area (Å²) >= 11 is 0. The largest absolute Gasteiger partial charge is 0.494 e. The van der Waals surface area contributed by atoms with Gasteiger partial charge in [-0.25, -0.2) is 4.79 Å². The van der Waals surface area contributed by atoms with Crippen LogP contribution < -0.4 is 15.8 Å². The van der Waals surface area contributed by atoms with E-state index in [1.807, 2.05) is 61.5 Å². The number of rotatable bonds is 9. The molecule has 2 atom stereocenters. The molecule has 0 aliphatic carbocycles. The van der Waals surface area contributed by atoms with Crippen LogP contribution in [-0.2, 0) is 22.4 Å². The minimum Gasteiger partial charge on any atom is -0.494 e. The van der Waals surface area contributed by atoms with Crippen molar-refractivity contribution in [2.24, 2.45) is 5.73 Å². The fourth-order valence-corrected chi connectivity index (χ4v) is 2.56. The third kappa shape index (κ3) is 5.89. The Kier molecular flexibility index (Phi) is 7.17. The van der Waals surface area contributed by atoms with Gasteiger partial charge >= 0.3 is 5.97 Å². The minimum atomic E-state index is -1.09. The van der Waals surface area contributed by atoms with Crippen LogP contribution in [0.25, 0.3) is 0 Å². The zero-order valence-corrected chi connectivity index (χ0v) is 14.7. The van der Waals surface area contributed by atoms with Gasteiger partial charge in [-0.05, 0) is 36.6 Å². The van der Waals surface area contributed by atoms with Crippen LogP contribution in [0.2, 0.25) is 0 Å². The summed E-state index contributed by atoms with van der Waals surface area (Å²) in [6.45, 7) is 2.49. The number of aliphatic carboxylic acids is 1. The van der Waals surface area contributed by atoms with Crippen LogP contribution in [0.4, 0.5) is 0 Å². The van der Waals surface area contributed by atoms with Crippen molar-refractivity contribution in [2.45, 2.75) is 31.8 Å². The van der Waals surface area contributed by atoms with Crippen molar-refractivity contribution in [1.82, 2.24) is 5.32 Å². The first-order valence-electron chi connectivity index (χ1n) is 8.54. The summed E-state index contributed by atoms with van der Waals surface area (Å²) in [5, 5.41) is 11.9. The van der Waals surface area contributed by atoms with Gasteiger partial charge < -0.3 is 20.9 Å². The van der Waals surface area contributed by atoms with Gasteiger partial charge in [0.15, 0.2) is 0 Å². The molecular weight excluding hydrogens is 332 g/mol. The van der Waals surface area contributed by atoms with Crippen molar-refractivity contribution in [2.75, 3.05) is 6.61 Å².